The van der Waals surface area contributed by atoms with Gasteiger partial charge in [-0.2, -0.15) is 5.10 Å². The molecule has 38 heavy (non-hydrogen) atoms. The normalized spacial score (nSPS) is 11.3. The lowest BCUT2D eigenvalue weighted by atomic mass is 10.0. The molecule has 7 rings (SSSR count). The Labute approximate surface area is 217 Å². The van der Waals surface area contributed by atoms with Crippen LogP contribution in [0.15, 0.2) is 104 Å². The standard InChI is InChI=1S/C30H21N7O/c1-2-4-19(5-3-1)18-38-23-10-21(13-32-15-23)22-11-25-29(36-37-30(25)34-14-22)27-12-24-26(16-33-17-28(24)35-27)20-6-8-31-9-7-20/h1-17,35H,18H2,(H,34,36,37). The van der Waals surface area contributed by atoms with Crippen LogP contribution in [0.25, 0.3) is 55.6 Å². The number of aromatic nitrogens is 7. The second-order valence-electron chi connectivity index (χ2n) is 8.94. The van der Waals surface area contributed by atoms with E-state index in [1.165, 1.54) is 0 Å². The van der Waals surface area contributed by atoms with Crippen LogP contribution in [-0.4, -0.2) is 35.1 Å². The molecular formula is C30H21N7O. The lowest BCUT2D eigenvalue weighted by Crippen LogP contribution is -1.96. The third kappa shape index (κ3) is 4.04. The zero-order valence-corrected chi connectivity index (χ0v) is 20.2. The summed E-state index contributed by atoms with van der Waals surface area (Å²) in [5.74, 6) is 0.700. The monoisotopic (exact) mass is 495 g/mol. The molecule has 0 aliphatic rings. The molecule has 0 aliphatic heterocycles. The summed E-state index contributed by atoms with van der Waals surface area (Å²) in [6.07, 6.45) is 12.6. The van der Waals surface area contributed by atoms with Gasteiger partial charge < -0.3 is 9.72 Å². The number of fused-ring (bicyclic) bond motifs is 2. The minimum Gasteiger partial charge on any atom is -0.487 e. The molecule has 7 aromatic rings. The van der Waals surface area contributed by atoms with Gasteiger partial charge in [0.1, 0.15) is 12.4 Å². The van der Waals surface area contributed by atoms with Gasteiger partial charge >= 0.3 is 0 Å². The van der Waals surface area contributed by atoms with Crippen molar-refractivity contribution in [2.45, 2.75) is 6.61 Å². The third-order valence-electron chi connectivity index (χ3n) is 6.51. The minimum absolute atomic E-state index is 0.478. The van der Waals surface area contributed by atoms with E-state index in [9.17, 15) is 0 Å². The quantitative estimate of drug-likeness (QED) is 0.284. The highest BCUT2D eigenvalue weighted by Crippen LogP contribution is 2.34. The summed E-state index contributed by atoms with van der Waals surface area (Å²) in [5.41, 5.74) is 8.37. The molecule has 8 heteroatoms. The number of benzene rings is 1. The fourth-order valence-electron chi connectivity index (χ4n) is 4.61. The number of pyridine rings is 4. The zero-order valence-electron chi connectivity index (χ0n) is 20.2. The summed E-state index contributed by atoms with van der Waals surface area (Å²) in [6, 6.07) is 20.2. The van der Waals surface area contributed by atoms with Crippen LogP contribution in [0.4, 0.5) is 0 Å². The zero-order chi connectivity index (χ0) is 25.3. The molecule has 6 aromatic heterocycles. The van der Waals surface area contributed by atoms with Crippen molar-refractivity contribution in [1.82, 2.24) is 35.1 Å². The Morgan fingerprint density at radius 2 is 1.55 bits per heavy atom. The number of H-pyrrole nitrogens is 2. The van der Waals surface area contributed by atoms with Gasteiger partial charge in [0.05, 0.1) is 29.3 Å². The van der Waals surface area contributed by atoms with Crippen LogP contribution >= 0.6 is 0 Å². The van der Waals surface area contributed by atoms with Gasteiger partial charge in [0.2, 0.25) is 0 Å². The van der Waals surface area contributed by atoms with Crippen LogP contribution in [0.5, 0.6) is 5.75 Å². The molecule has 6 heterocycles. The first-order valence-electron chi connectivity index (χ1n) is 12.2. The Balaban J connectivity index is 1.24. The molecule has 0 amide bonds. The number of aromatic amines is 2. The molecule has 1 aromatic carbocycles. The van der Waals surface area contributed by atoms with E-state index in [1.807, 2.05) is 73.3 Å². The number of nitrogens with one attached hydrogen (secondary N) is 2. The lowest BCUT2D eigenvalue weighted by Gasteiger charge is -2.08. The maximum atomic E-state index is 5.98. The van der Waals surface area contributed by atoms with E-state index < -0.39 is 0 Å². The predicted octanol–water partition coefficient (Wildman–Crippen LogP) is 6.20. The first-order valence-corrected chi connectivity index (χ1v) is 12.2. The van der Waals surface area contributed by atoms with Crippen molar-refractivity contribution in [2.24, 2.45) is 0 Å². The van der Waals surface area contributed by atoms with Gasteiger partial charge in [0.15, 0.2) is 5.65 Å². The van der Waals surface area contributed by atoms with Gasteiger partial charge in [-0.1, -0.05) is 30.3 Å². The van der Waals surface area contributed by atoms with Gasteiger partial charge in [-0.3, -0.25) is 20.1 Å². The van der Waals surface area contributed by atoms with Crippen LogP contribution in [0.3, 0.4) is 0 Å². The highest BCUT2D eigenvalue weighted by Gasteiger charge is 2.15. The van der Waals surface area contributed by atoms with Crippen molar-refractivity contribution in [3.8, 4) is 39.4 Å². The Morgan fingerprint density at radius 3 is 2.45 bits per heavy atom. The maximum Gasteiger partial charge on any atom is 0.181 e. The van der Waals surface area contributed by atoms with E-state index in [0.717, 1.165) is 55.5 Å². The molecule has 0 fully saturated rings. The van der Waals surface area contributed by atoms with Gasteiger partial charge in [-0.05, 0) is 41.5 Å². The van der Waals surface area contributed by atoms with Crippen LogP contribution < -0.4 is 4.74 Å². The summed E-state index contributed by atoms with van der Waals surface area (Å²) in [7, 11) is 0. The average Bonchev–Trinajstić information content (AvgIpc) is 3.61. The van der Waals surface area contributed by atoms with E-state index in [1.54, 1.807) is 18.6 Å². The molecule has 0 saturated heterocycles. The smallest absolute Gasteiger partial charge is 0.181 e. The molecule has 0 bridgehead atoms. The summed E-state index contributed by atoms with van der Waals surface area (Å²) in [5, 5.41) is 9.58. The molecular weight excluding hydrogens is 474 g/mol. The topological polar surface area (TPSA) is 105 Å². The third-order valence-corrected chi connectivity index (χ3v) is 6.51. The summed E-state index contributed by atoms with van der Waals surface area (Å²) < 4.78 is 5.98. The molecule has 182 valence electrons. The Morgan fingerprint density at radius 1 is 0.711 bits per heavy atom. The first kappa shape index (κ1) is 21.9. The van der Waals surface area contributed by atoms with Crippen molar-refractivity contribution >= 4 is 21.9 Å². The molecule has 2 N–H and O–H groups in total. The number of hydrogen-bond donors (Lipinski definition) is 2. The van der Waals surface area contributed by atoms with Gasteiger partial charge in [-0.25, -0.2) is 4.98 Å². The molecule has 0 saturated carbocycles. The highest BCUT2D eigenvalue weighted by molar-refractivity contribution is 6.00. The van der Waals surface area contributed by atoms with E-state index in [0.29, 0.717) is 18.0 Å². The Bertz CT molecular complexity index is 1880. The van der Waals surface area contributed by atoms with Crippen LogP contribution in [0, 0.1) is 0 Å². The largest absolute Gasteiger partial charge is 0.487 e. The van der Waals surface area contributed by atoms with E-state index >= 15 is 0 Å². The summed E-state index contributed by atoms with van der Waals surface area (Å²) in [6.45, 7) is 0.478. The number of ether oxygens (including phenoxy) is 1. The maximum absolute atomic E-state index is 5.98. The number of hydrogen-bond acceptors (Lipinski definition) is 6. The summed E-state index contributed by atoms with van der Waals surface area (Å²) >= 11 is 0. The number of rotatable bonds is 6. The van der Waals surface area contributed by atoms with Crippen molar-refractivity contribution in [2.75, 3.05) is 0 Å². The molecule has 0 radical (unpaired) electrons. The number of nitrogens with zero attached hydrogens (tertiary/aromatic N) is 5. The van der Waals surface area contributed by atoms with Crippen LogP contribution in [0.1, 0.15) is 5.56 Å². The Kier molecular flexibility index (Phi) is 5.33. The molecule has 0 unspecified atom stereocenters. The Hall–Kier alpha value is -5.37. The van der Waals surface area contributed by atoms with E-state index in [4.69, 9.17) is 4.74 Å². The van der Waals surface area contributed by atoms with Crippen molar-refractivity contribution in [1.29, 1.82) is 0 Å². The van der Waals surface area contributed by atoms with Gasteiger partial charge in [0, 0.05) is 58.4 Å². The van der Waals surface area contributed by atoms with Gasteiger partial charge in [0.25, 0.3) is 0 Å². The average molecular weight is 496 g/mol. The lowest BCUT2D eigenvalue weighted by molar-refractivity contribution is 0.305. The van der Waals surface area contributed by atoms with E-state index in [-0.39, 0.29) is 0 Å². The van der Waals surface area contributed by atoms with Crippen molar-refractivity contribution in [3.63, 3.8) is 0 Å². The van der Waals surface area contributed by atoms with Crippen molar-refractivity contribution in [3.05, 3.63) is 110 Å². The SMILES string of the molecule is c1ccc(COc2cncc(-c3cnc4n[nH]c(-c5cc6c(-c7ccncc7)cncc6[nH]5)c4c3)c2)cc1. The van der Waals surface area contributed by atoms with Crippen molar-refractivity contribution < 1.29 is 4.74 Å². The van der Waals surface area contributed by atoms with Crippen LogP contribution in [0.2, 0.25) is 0 Å². The predicted molar refractivity (Wildman–Crippen MR) is 146 cm³/mol. The fourth-order valence-corrected chi connectivity index (χ4v) is 4.61. The van der Waals surface area contributed by atoms with Gasteiger partial charge in [-0.15, -0.1) is 0 Å². The molecule has 0 spiro atoms. The fraction of sp³-hybridized carbons (Fsp3) is 0.0333. The molecule has 8 nitrogen and oxygen atoms in total. The highest BCUT2D eigenvalue weighted by atomic mass is 16.5. The molecule has 0 aliphatic carbocycles. The van der Waals surface area contributed by atoms with E-state index in [2.05, 4.69) is 47.2 Å². The first-order chi connectivity index (χ1) is 18.8. The second kappa shape index (κ2) is 9.25. The second-order valence-corrected chi connectivity index (χ2v) is 8.94. The van der Waals surface area contributed by atoms with Crippen LogP contribution in [-0.2, 0) is 6.61 Å². The molecule has 0 atom stereocenters. The minimum atomic E-state index is 0.478. The summed E-state index contributed by atoms with van der Waals surface area (Å²) in [4.78, 5) is 21.1.